The van der Waals surface area contributed by atoms with E-state index in [0.29, 0.717) is 18.5 Å². The average molecular weight is 260 g/mol. The zero-order valence-corrected chi connectivity index (χ0v) is 9.77. The van der Waals surface area contributed by atoms with Crippen LogP contribution in [-0.2, 0) is 13.1 Å². The molecule has 96 valence electrons. The zero-order valence-electron chi connectivity index (χ0n) is 9.77. The first-order valence-corrected chi connectivity index (χ1v) is 5.59. The normalized spacial score (nSPS) is 11.0. The maximum absolute atomic E-state index is 13.0. The second kappa shape index (κ2) is 4.56. The third-order valence-corrected chi connectivity index (χ3v) is 2.69. The van der Waals surface area contributed by atoms with Crippen molar-refractivity contribution < 1.29 is 4.39 Å². The Kier molecular flexibility index (Phi) is 2.75. The summed E-state index contributed by atoms with van der Waals surface area (Å²) in [6.45, 7) is 0.782. The van der Waals surface area contributed by atoms with Gasteiger partial charge in [-0.05, 0) is 12.1 Å². The van der Waals surface area contributed by atoms with Gasteiger partial charge in [-0.3, -0.25) is 9.48 Å². The van der Waals surface area contributed by atoms with Gasteiger partial charge in [0.25, 0.3) is 5.56 Å². The van der Waals surface area contributed by atoms with Crippen LogP contribution >= 0.6 is 0 Å². The number of hydrogen-bond acceptors (Lipinski definition) is 5. The summed E-state index contributed by atoms with van der Waals surface area (Å²) in [5, 5.41) is 11.9. The summed E-state index contributed by atoms with van der Waals surface area (Å²) < 4.78 is 15.8. The van der Waals surface area contributed by atoms with Crippen molar-refractivity contribution in [3.8, 4) is 0 Å². The minimum absolute atomic E-state index is 0.252. The van der Waals surface area contributed by atoms with Gasteiger partial charge in [0.2, 0.25) is 0 Å². The minimum Gasteiger partial charge on any atom is -0.267 e. The molecule has 0 saturated carbocycles. The van der Waals surface area contributed by atoms with E-state index in [-0.39, 0.29) is 11.1 Å². The Morgan fingerprint density at radius 3 is 2.95 bits per heavy atom. The van der Waals surface area contributed by atoms with Gasteiger partial charge in [0, 0.05) is 6.07 Å². The lowest BCUT2D eigenvalue weighted by molar-refractivity contribution is 0.468. The van der Waals surface area contributed by atoms with Crippen molar-refractivity contribution in [3.05, 3.63) is 47.0 Å². The SMILES string of the molecule is O=c1c2ccc(F)cc2nnn1CCn1cncn1. The van der Waals surface area contributed by atoms with E-state index in [2.05, 4.69) is 20.4 Å². The lowest BCUT2D eigenvalue weighted by Gasteiger charge is -2.04. The number of benzene rings is 1. The summed E-state index contributed by atoms with van der Waals surface area (Å²) >= 11 is 0. The first-order chi connectivity index (χ1) is 9.24. The third kappa shape index (κ3) is 2.19. The fourth-order valence-corrected chi connectivity index (χ4v) is 1.74. The molecule has 3 aromatic rings. The highest BCUT2D eigenvalue weighted by Crippen LogP contribution is 2.07. The van der Waals surface area contributed by atoms with E-state index in [1.165, 1.54) is 29.2 Å². The second-order valence-electron chi connectivity index (χ2n) is 3.94. The maximum Gasteiger partial charge on any atom is 0.277 e. The van der Waals surface area contributed by atoms with Gasteiger partial charge in [0.15, 0.2) is 0 Å². The van der Waals surface area contributed by atoms with Gasteiger partial charge in [-0.2, -0.15) is 5.10 Å². The first-order valence-electron chi connectivity index (χ1n) is 5.59. The molecule has 0 saturated heterocycles. The van der Waals surface area contributed by atoms with E-state index in [9.17, 15) is 9.18 Å². The summed E-state index contributed by atoms with van der Waals surface area (Å²) in [5.41, 5.74) is -0.0490. The van der Waals surface area contributed by atoms with Gasteiger partial charge >= 0.3 is 0 Å². The Morgan fingerprint density at radius 1 is 1.26 bits per heavy atom. The molecule has 0 aliphatic heterocycles. The molecule has 2 aromatic heterocycles. The molecule has 0 amide bonds. The molecule has 1 aromatic carbocycles. The Hall–Kier alpha value is -2.64. The summed E-state index contributed by atoms with van der Waals surface area (Å²) in [5.74, 6) is -0.443. The fourth-order valence-electron chi connectivity index (χ4n) is 1.74. The molecule has 19 heavy (non-hydrogen) atoms. The third-order valence-electron chi connectivity index (χ3n) is 2.69. The van der Waals surface area contributed by atoms with Crippen molar-refractivity contribution in [2.75, 3.05) is 0 Å². The van der Waals surface area contributed by atoms with E-state index in [1.807, 2.05) is 0 Å². The van der Waals surface area contributed by atoms with Gasteiger partial charge in [0.1, 0.15) is 24.0 Å². The van der Waals surface area contributed by atoms with E-state index < -0.39 is 5.82 Å². The Labute approximate surface area is 106 Å². The highest BCUT2D eigenvalue weighted by atomic mass is 19.1. The monoisotopic (exact) mass is 260 g/mol. The molecule has 2 heterocycles. The fraction of sp³-hybridized carbons (Fsp3) is 0.182. The lowest BCUT2D eigenvalue weighted by atomic mass is 10.2. The Bertz CT molecular complexity index is 766. The van der Waals surface area contributed by atoms with Crippen molar-refractivity contribution in [1.82, 2.24) is 29.8 Å². The predicted octanol–water partition coefficient (Wildman–Crippen LogP) is 0.222. The summed E-state index contributed by atoms with van der Waals surface area (Å²) in [6, 6.07) is 3.83. The van der Waals surface area contributed by atoms with E-state index in [1.54, 1.807) is 11.0 Å². The number of nitrogens with zero attached hydrogens (tertiary/aromatic N) is 6. The largest absolute Gasteiger partial charge is 0.277 e. The average Bonchev–Trinajstić information content (AvgIpc) is 2.91. The zero-order chi connectivity index (χ0) is 13.2. The van der Waals surface area contributed by atoms with Gasteiger partial charge in [-0.25, -0.2) is 14.1 Å². The lowest BCUT2D eigenvalue weighted by Crippen LogP contribution is -2.26. The van der Waals surface area contributed by atoms with Crippen LogP contribution in [0.3, 0.4) is 0 Å². The molecule has 0 radical (unpaired) electrons. The van der Waals surface area contributed by atoms with Gasteiger partial charge in [-0.15, -0.1) is 5.10 Å². The van der Waals surface area contributed by atoms with Gasteiger partial charge < -0.3 is 0 Å². The molecular weight excluding hydrogens is 251 g/mol. The standard InChI is InChI=1S/C11H9FN6O/c12-8-1-2-9-10(5-8)15-16-18(11(9)19)4-3-17-7-13-6-14-17/h1-2,5-7H,3-4H2. The van der Waals surface area contributed by atoms with Crippen LogP contribution in [-0.4, -0.2) is 29.8 Å². The second-order valence-corrected chi connectivity index (χ2v) is 3.94. The molecule has 0 aliphatic carbocycles. The first kappa shape index (κ1) is 11.5. The number of halogens is 1. The Morgan fingerprint density at radius 2 is 2.16 bits per heavy atom. The van der Waals surface area contributed by atoms with Crippen molar-refractivity contribution in [3.63, 3.8) is 0 Å². The van der Waals surface area contributed by atoms with E-state index >= 15 is 0 Å². The highest BCUT2D eigenvalue weighted by molar-refractivity contribution is 5.76. The van der Waals surface area contributed by atoms with E-state index in [4.69, 9.17) is 0 Å². The van der Waals surface area contributed by atoms with Crippen LogP contribution < -0.4 is 5.56 Å². The Balaban J connectivity index is 1.94. The van der Waals surface area contributed by atoms with Crippen LogP contribution in [0.5, 0.6) is 0 Å². The molecule has 0 bridgehead atoms. The van der Waals surface area contributed by atoms with Crippen molar-refractivity contribution in [1.29, 1.82) is 0 Å². The summed E-state index contributed by atoms with van der Waals surface area (Å²) in [4.78, 5) is 15.9. The highest BCUT2D eigenvalue weighted by Gasteiger charge is 2.06. The quantitative estimate of drug-likeness (QED) is 0.673. The topological polar surface area (TPSA) is 78.5 Å². The summed E-state index contributed by atoms with van der Waals surface area (Å²) in [7, 11) is 0. The van der Waals surface area contributed by atoms with Gasteiger partial charge in [0.05, 0.1) is 18.5 Å². The molecule has 0 aliphatic rings. The van der Waals surface area contributed by atoms with Crippen LogP contribution in [0, 0.1) is 5.82 Å². The van der Waals surface area contributed by atoms with Crippen LogP contribution in [0.2, 0.25) is 0 Å². The van der Waals surface area contributed by atoms with Crippen molar-refractivity contribution >= 4 is 10.9 Å². The van der Waals surface area contributed by atoms with Crippen LogP contribution in [0.4, 0.5) is 4.39 Å². The molecule has 0 fully saturated rings. The molecular formula is C11H9FN6O. The number of rotatable bonds is 3. The van der Waals surface area contributed by atoms with Crippen molar-refractivity contribution in [2.45, 2.75) is 13.1 Å². The van der Waals surface area contributed by atoms with E-state index in [0.717, 1.165) is 0 Å². The maximum atomic E-state index is 13.0. The molecule has 0 N–H and O–H groups in total. The van der Waals surface area contributed by atoms with Crippen LogP contribution in [0.25, 0.3) is 10.9 Å². The van der Waals surface area contributed by atoms with Gasteiger partial charge in [-0.1, -0.05) is 5.21 Å². The smallest absolute Gasteiger partial charge is 0.267 e. The molecule has 0 atom stereocenters. The number of fused-ring (bicyclic) bond motifs is 1. The van der Waals surface area contributed by atoms with Crippen molar-refractivity contribution in [2.24, 2.45) is 0 Å². The number of aromatic nitrogens is 6. The molecule has 7 nitrogen and oxygen atoms in total. The number of hydrogen-bond donors (Lipinski definition) is 0. The number of aryl methyl sites for hydroxylation is 2. The molecule has 0 unspecified atom stereocenters. The minimum atomic E-state index is -0.443. The summed E-state index contributed by atoms with van der Waals surface area (Å²) in [6.07, 6.45) is 2.96. The molecule has 3 rings (SSSR count). The molecule has 0 spiro atoms. The van der Waals surface area contributed by atoms with Crippen LogP contribution in [0.15, 0.2) is 35.6 Å². The molecule has 8 heteroatoms. The van der Waals surface area contributed by atoms with Crippen LogP contribution in [0.1, 0.15) is 0 Å². The predicted molar refractivity (Wildman–Crippen MR) is 63.8 cm³/mol.